The van der Waals surface area contributed by atoms with E-state index < -0.39 is 0 Å². The fraction of sp³-hybridized carbons (Fsp3) is 0.357. The van der Waals surface area contributed by atoms with Crippen LogP contribution in [0.2, 0.25) is 5.02 Å². The van der Waals surface area contributed by atoms with Gasteiger partial charge in [-0.1, -0.05) is 48.0 Å². The highest BCUT2D eigenvalue weighted by Crippen LogP contribution is 2.26. The first kappa shape index (κ1) is 16.3. The van der Waals surface area contributed by atoms with Gasteiger partial charge in [0.15, 0.2) is 10.1 Å². The van der Waals surface area contributed by atoms with Crippen LogP contribution in [0.5, 0.6) is 0 Å². The van der Waals surface area contributed by atoms with Gasteiger partial charge < -0.3 is 5.32 Å². The van der Waals surface area contributed by atoms with Gasteiger partial charge in [-0.25, -0.2) is 0 Å². The van der Waals surface area contributed by atoms with Gasteiger partial charge >= 0.3 is 0 Å². The second-order valence-corrected chi connectivity index (χ2v) is 7.11. The monoisotopic (exact) mass is 341 g/mol. The third-order valence-corrected chi connectivity index (χ3v) is 5.05. The average molecular weight is 342 g/mol. The van der Waals surface area contributed by atoms with Crippen molar-refractivity contribution >= 4 is 45.6 Å². The Morgan fingerprint density at radius 2 is 2.10 bits per heavy atom. The number of nitrogens with zero attached hydrogens (tertiary/aromatic N) is 2. The van der Waals surface area contributed by atoms with E-state index >= 15 is 0 Å². The molecule has 112 valence electrons. The fourth-order valence-electron chi connectivity index (χ4n) is 1.54. The Balaban J connectivity index is 1.82. The quantitative estimate of drug-likeness (QED) is 0.438. The summed E-state index contributed by atoms with van der Waals surface area (Å²) in [4.78, 5) is 12.0. The summed E-state index contributed by atoms with van der Waals surface area (Å²) in [7, 11) is 0. The van der Waals surface area contributed by atoms with Crippen molar-refractivity contribution in [2.75, 3.05) is 17.6 Å². The number of thioether (sulfide) groups is 1. The van der Waals surface area contributed by atoms with Gasteiger partial charge in [0.1, 0.15) is 0 Å². The lowest BCUT2D eigenvalue weighted by molar-refractivity contribution is 0.101. The highest BCUT2D eigenvalue weighted by molar-refractivity contribution is 8.01. The van der Waals surface area contributed by atoms with Gasteiger partial charge in [0, 0.05) is 16.3 Å². The van der Waals surface area contributed by atoms with Gasteiger partial charge in [-0.05, 0) is 30.7 Å². The van der Waals surface area contributed by atoms with Gasteiger partial charge in [-0.15, -0.1) is 10.2 Å². The molecule has 0 saturated carbocycles. The lowest BCUT2D eigenvalue weighted by atomic mass is 10.1. The SMILES string of the molecule is CCCCSc1nnc(NCC(=O)c2ccc(Cl)cc2)s1. The van der Waals surface area contributed by atoms with Crippen molar-refractivity contribution in [1.82, 2.24) is 10.2 Å². The molecule has 0 fully saturated rings. The topological polar surface area (TPSA) is 54.9 Å². The molecule has 0 amide bonds. The minimum Gasteiger partial charge on any atom is -0.353 e. The van der Waals surface area contributed by atoms with Crippen molar-refractivity contribution in [3.8, 4) is 0 Å². The van der Waals surface area contributed by atoms with Crippen LogP contribution in [0.25, 0.3) is 0 Å². The van der Waals surface area contributed by atoms with Crippen LogP contribution in [0.1, 0.15) is 30.1 Å². The summed E-state index contributed by atoms with van der Waals surface area (Å²) in [5.41, 5.74) is 0.633. The Morgan fingerprint density at radius 3 is 2.81 bits per heavy atom. The average Bonchev–Trinajstić information content (AvgIpc) is 2.94. The second-order valence-electron chi connectivity index (χ2n) is 4.36. The van der Waals surface area contributed by atoms with Crippen molar-refractivity contribution in [3.63, 3.8) is 0 Å². The minimum atomic E-state index is 0.00190. The number of unbranched alkanes of at least 4 members (excludes halogenated alkanes) is 1. The third kappa shape index (κ3) is 5.30. The van der Waals surface area contributed by atoms with Crippen molar-refractivity contribution in [2.24, 2.45) is 0 Å². The Labute approximate surface area is 137 Å². The maximum atomic E-state index is 12.0. The first-order valence-corrected chi connectivity index (χ1v) is 8.86. The molecule has 0 saturated heterocycles. The zero-order valence-electron chi connectivity index (χ0n) is 11.6. The van der Waals surface area contributed by atoms with Crippen LogP contribution in [0, 0.1) is 0 Å². The number of carbonyl (C=O) groups is 1. The normalized spacial score (nSPS) is 10.6. The first-order chi connectivity index (χ1) is 10.2. The highest BCUT2D eigenvalue weighted by atomic mass is 35.5. The predicted octanol–water partition coefficient (Wildman–Crippen LogP) is 4.38. The number of rotatable bonds is 8. The van der Waals surface area contributed by atoms with Crippen molar-refractivity contribution < 1.29 is 4.79 Å². The lowest BCUT2D eigenvalue weighted by Gasteiger charge is -2.01. The van der Waals surface area contributed by atoms with Gasteiger partial charge in [0.25, 0.3) is 0 Å². The number of hydrogen-bond acceptors (Lipinski definition) is 6. The number of carbonyl (C=O) groups excluding carboxylic acids is 1. The smallest absolute Gasteiger partial charge is 0.206 e. The molecule has 21 heavy (non-hydrogen) atoms. The molecule has 4 nitrogen and oxygen atoms in total. The molecule has 0 unspecified atom stereocenters. The number of nitrogens with one attached hydrogen (secondary N) is 1. The molecule has 0 aliphatic rings. The number of benzene rings is 1. The first-order valence-electron chi connectivity index (χ1n) is 6.68. The van der Waals surface area contributed by atoms with E-state index in [1.807, 2.05) is 0 Å². The van der Waals surface area contributed by atoms with Crippen LogP contribution < -0.4 is 5.32 Å². The molecule has 1 N–H and O–H groups in total. The Bertz CT molecular complexity index is 586. The van der Waals surface area contributed by atoms with E-state index in [0.717, 1.165) is 10.1 Å². The Hall–Kier alpha value is -1.11. The molecule has 1 heterocycles. The molecule has 2 aromatic rings. The number of anilines is 1. The standard InChI is InChI=1S/C14H16ClN3OS2/c1-2-3-8-20-14-18-17-13(21-14)16-9-12(19)10-4-6-11(15)7-5-10/h4-7H,2-3,8-9H2,1H3,(H,16,17). The van der Waals surface area contributed by atoms with Crippen LogP contribution in [0.4, 0.5) is 5.13 Å². The molecule has 1 aromatic heterocycles. The predicted molar refractivity (Wildman–Crippen MR) is 89.8 cm³/mol. The number of aromatic nitrogens is 2. The van der Waals surface area contributed by atoms with Crippen molar-refractivity contribution in [3.05, 3.63) is 34.9 Å². The fourth-order valence-corrected chi connectivity index (χ4v) is 3.56. The van der Waals surface area contributed by atoms with E-state index in [1.165, 1.54) is 24.2 Å². The summed E-state index contributed by atoms with van der Waals surface area (Å²) in [5, 5.41) is 12.4. The van der Waals surface area contributed by atoms with Gasteiger partial charge in [-0.2, -0.15) is 0 Å². The van der Waals surface area contributed by atoms with E-state index in [1.54, 1.807) is 36.0 Å². The Morgan fingerprint density at radius 1 is 1.33 bits per heavy atom. The summed E-state index contributed by atoms with van der Waals surface area (Å²) >= 11 is 8.98. The molecule has 0 bridgehead atoms. The van der Waals surface area contributed by atoms with E-state index in [4.69, 9.17) is 11.6 Å². The molecular weight excluding hydrogens is 326 g/mol. The molecule has 0 radical (unpaired) electrons. The maximum Gasteiger partial charge on any atom is 0.206 e. The summed E-state index contributed by atoms with van der Waals surface area (Å²) in [6.07, 6.45) is 2.34. The zero-order chi connectivity index (χ0) is 15.1. The summed E-state index contributed by atoms with van der Waals surface area (Å²) in [6, 6.07) is 6.86. The van der Waals surface area contributed by atoms with Crippen LogP contribution >= 0.6 is 34.7 Å². The van der Waals surface area contributed by atoms with E-state index in [9.17, 15) is 4.79 Å². The van der Waals surface area contributed by atoms with Gasteiger partial charge in [-0.3, -0.25) is 4.79 Å². The zero-order valence-corrected chi connectivity index (χ0v) is 14.0. The molecule has 0 atom stereocenters. The molecule has 7 heteroatoms. The summed E-state index contributed by atoms with van der Waals surface area (Å²) in [6.45, 7) is 2.37. The lowest BCUT2D eigenvalue weighted by Crippen LogP contribution is -2.13. The van der Waals surface area contributed by atoms with E-state index in [-0.39, 0.29) is 12.3 Å². The molecule has 0 aliphatic carbocycles. The van der Waals surface area contributed by atoms with Crippen LogP contribution in [0.3, 0.4) is 0 Å². The summed E-state index contributed by atoms with van der Waals surface area (Å²) < 4.78 is 0.935. The number of Topliss-reactive ketones (excluding diaryl/α,β-unsaturated/α-hetero) is 1. The van der Waals surface area contributed by atoms with E-state index in [2.05, 4.69) is 22.4 Å². The molecule has 1 aromatic carbocycles. The Kier molecular flexibility index (Phi) is 6.48. The van der Waals surface area contributed by atoms with Crippen molar-refractivity contribution in [2.45, 2.75) is 24.1 Å². The largest absolute Gasteiger partial charge is 0.353 e. The van der Waals surface area contributed by atoms with Crippen LogP contribution in [0.15, 0.2) is 28.6 Å². The minimum absolute atomic E-state index is 0.00190. The van der Waals surface area contributed by atoms with Gasteiger partial charge in [0.2, 0.25) is 5.13 Å². The van der Waals surface area contributed by atoms with E-state index in [0.29, 0.717) is 15.7 Å². The molecular formula is C14H16ClN3OS2. The number of halogens is 1. The number of ketones is 1. The van der Waals surface area contributed by atoms with Gasteiger partial charge in [0.05, 0.1) is 6.54 Å². The second kappa shape index (κ2) is 8.36. The number of hydrogen-bond donors (Lipinski definition) is 1. The maximum absolute atomic E-state index is 12.0. The van der Waals surface area contributed by atoms with Crippen LogP contribution in [-0.2, 0) is 0 Å². The molecule has 0 spiro atoms. The van der Waals surface area contributed by atoms with Crippen molar-refractivity contribution in [1.29, 1.82) is 0 Å². The molecule has 2 rings (SSSR count). The molecule has 0 aliphatic heterocycles. The third-order valence-electron chi connectivity index (χ3n) is 2.70. The summed E-state index contributed by atoms with van der Waals surface area (Å²) in [5.74, 6) is 1.05. The highest BCUT2D eigenvalue weighted by Gasteiger charge is 2.08. The van der Waals surface area contributed by atoms with Crippen LogP contribution in [-0.4, -0.2) is 28.3 Å².